The third-order valence-electron chi connectivity index (χ3n) is 4.17. The maximum atomic E-state index is 12.2. The minimum absolute atomic E-state index is 0.00456. The average Bonchev–Trinajstić information content (AvgIpc) is 2.55. The van der Waals surface area contributed by atoms with Crippen molar-refractivity contribution in [3.05, 3.63) is 0 Å². The average molecular weight is 238 g/mol. The molecule has 0 aromatic rings. The number of piperidine rings is 1. The van der Waals surface area contributed by atoms with E-state index >= 15 is 0 Å². The zero-order valence-corrected chi connectivity index (χ0v) is 10.9. The van der Waals surface area contributed by atoms with Gasteiger partial charge in [0.25, 0.3) is 0 Å². The largest absolute Gasteiger partial charge is 0.286 e. The van der Waals surface area contributed by atoms with Crippen molar-refractivity contribution in [3.8, 4) is 0 Å². The number of nitrogens with zero attached hydrogens (tertiary/aromatic N) is 2. The van der Waals surface area contributed by atoms with Crippen LogP contribution in [-0.4, -0.2) is 41.4 Å². The maximum Gasteiger partial charge on any atom is 0.236 e. The second kappa shape index (κ2) is 4.77. The molecule has 2 aliphatic heterocycles. The van der Waals surface area contributed by atoms with Crippen LogP contribution < -0.4 is 0 Å². The van der Waals surface area contributed by atoms with Crippen LogP contribution in [0.3, 0.4) is 0 Å². The fourth-order valence-electron chi connectivity index (χ4n) is 2.66. The number of likely N-dealkylation sites (tertiary alicyclic amines) is 2. The van der Waals surface area contributed by atoms with Gasteiger partial charge in [0.15, 0.2) is 0 Å². The van der Waals surface area contributed by atoms with Gasteiger partial charge < -0.3 is 0 Å². The molecule has 0 N–H and O–H groups in total. The van der Waals surface area contributed by atoms with E-state index in [4.69, 9.17) is 0 Å². The van der Waals surface area contributed by atoms with Gasteiger partial charge in [-0.15, -0.1) is 0 Å². The monoisotopic (exact) mass is 238 g/mol. The van der Waals surface area contributed by atoms with Crippen molar-refractivity contribution in [2.75, 3.05) is 19.8 Å². The summed E-state index contributed by atoms with van der Waals surface area (Å²) in [5, 5.41) is 0. The molecule has 0 radical (unpaired) electrons. The Hall–Kier alpha value is -0.900. The highest BCUT2D eigenvalue weighted by molar-refractivity contribution is 6.05. The fraction of sp³-hybridized carbons (Fsp3) is 0.846. The highest BCUT2D eigenvalue weighted by atomic mass is 16.2. The number of amides is 2. The Balaban J connectivity index is 2.01. The van der Waals surface area contributed by atoms with E-state index < -0.39 is 5.41 Å². The molecule has 2 aliphatic rings. The van der Waals surface area contributed by atoms with Gasteiger partial charge in [-0.3, -0.25) is 19.4 Å². The SMILES string of the molecule is CCC1(C)CC(=O)N(CN2CCCCC2)C1=O. The molecule has 1 atom stereocenters. The normalized spacial score (nSPS) is 31.3. The smallest absolute Gasteiger partial charge is 0.236 e. The van der Waals surface area contributed by atoms with Crippen molar-refractivity contribution in [1.29, 1.82) is 0 Å². The lowest BCUT2D eigenvalue weighted by molar-refractivity contribution is -0.143. The molecule has 2 rings (SSSR count). The van der Waals surface area contributed by atoms with Gasteiger partial charge in [0, 0.05) is 6.42 Å². The first-order valence-corrected chi connectivity index (χ1v) is 6.64. The molecule has 4 heteroatoms. The van der Waals surface area contributed by atoms with Gasteiger partial charge in [-0.2, -0.15) is 0 Å². The van der Waals surface area contributed by atoms with Crippen LogP contribution in [0.25, 0.3) is 0 Å². The Morgan fingerprint density at radius 1 is 1.18 bits per heavy atom. The molecule has 4 nitrogen and oxygen atoms in total. The number of imide groups is 1. The summed E-state index contributed by atoms with van der Waals surface area (Å²) in [5.41, 5.74) is -0.452. The van der Waals surface area contributed by atoms with E-state index in [9.17, 15) is 9.59 Å². The van der Waals surface area contributed by atoms with Crippen molar-refractivity contribution in [3.63, 3.8) is 0 Å². The third-order valence-corrected chi connectivity index (χ3v) is 4.17. The Kier molecular flexibility index (Phi) is 3.52. The van der Waals surface area contributed by atoms with Crippen LogP contribution in [0.4, 0.5) is 0 Å². The molecule has 1 unspecified atom stereocenters. The van der Waals surface area contributed by atoms with E-state index in [2.05, 4.69) is 4.90 Å². The van der Waals surface area contributed by atoms with Crippen molar-refractivity contribution < 1.29 is 9.59 Å². The van der Waals surface area contributed by atoms with Crippen LogP contribution in [0.2, 0.25) is 0 Å². The Morgan fingerprint density at radius 2 is 1.82 bits per heavy atom. The first kappa shape index (κ1) is 12.6. The van der Waals surface area contributed by atoms with Crippen molar-refractivity contribution in [2.45, 2.75) is 46.0 Å². The lowest BCUT2D eigenvalue weighted by Crippen LogP contribution is -2.44. The molecular formula is C13H22N2O2. The molecule has 0 saturated carbocycles. The quantitative estimate of drug-likeness (QED) is 0.701. The number of hydrogen-bond donors (Lipinski definition) is 0. The standard InChI is InChI=1S/C13H22N2O2/c1-3-13(2)9-11(16)15(12(13)17)10-14-7-5-4-6-8-14/h3-10H2,1-2H3. The third kappa shape index (κ3) is 2.37. The van der Waals surface area contributed by atoms with E-state index in [1.54, 1.807) is 0 Å². The molecule has 0 aromatic heterocycles. The summed E-state index contributed by atoms with van der Waals surface area (Å²) < 4.78 is 0. The van der Waals surface area contributed by atoms with Crippen LogP contribution in [0.1, 0.15) is 46.0 Å². The van der Waals surface area contributed by atoms with Gasteiger partial charge in [0.05, 0.1) is 12.1 Å². The lowest BCUT2D eigenvalue weighted by Gasteiger charge is -2.30. The van der Waals surface area contributed by atoms with Crippen LogP contribution in [0, 0.1) is 5.41 Å². The van der Waals surface area contributed by atoms with Gasteiger partial charge in [-0.25, -0.2) is 0 Å². The summed E-state index contributed by atoms with van der Waals surface area (Å²) in [6, 6.07) is 0. The minimum Gasteiger partial charge on any atom is -0.286 e. The minimum atomic E-state index is -0.452. The van der Waals surface area contributed by atoms with E-state index in [0.717, 1.165) is 19.5 Å². The van der Waals surface area contributed by atoms with Gasteiger partial charge in [0.2, 0.25) is 11.8 Å². The highest BCUT2D eigenvalue weighted by Crippen LogP contribution is 2.35. The van der Waals surface area contributed by atoms with Crippen LogP contribution in [0.5, 0.6) is 0 Å². The Labute approximate surface area is 103 Å². The second-order valence-electron chi connectivity index (χ2n) is 5.54. The Morgan fingerprint density at radius 3 is 2.35 bits per heavy atom. The summed E-state index contributed by atoms with van der Waals surface area (Å²) in [6.45, 7) is 6.42. The molecule has 2 amide bonds. The summed E-state index contributed by atoms with van der Waals surface area (Å²) in [6.07, 6.45) is 4.76. The van der Waals surface area contributed by atoms with Crippen molar-refractivity contribution in [2.24, 2.45) is 5.41 Å². The zero-order valence-electron chi connectivity index (χ0n) is 10.9. The molecule has 0 spiro atoms. The van der Waals surface area contributed by atoms with E-state index in [0.29, 0.717) is 13.1 Å². The molecule has 96 valence electrons. The summed E-state index contributed by atoms with van der Waals surface area (Å²) >= 11 is 0. The van der Waals surface area contributed by atoms with E-state index in [1.807, 2.05) is 13.8 Å². The van der Waals surface area contributed by atoms with E-state index in [-0.39, 0.29) is 11.8 Å². The van der Waals surface area contributed by atoms with E-state index in [1.165, 1.54) is 24.2 Å². The van der Waals surface area contributed by atoms with Gasteiger partial charge in [-0.05, 0) is 32.4 Å². The first-order valence-electron chi connectivity index (χ1n) is 6.64. The molecule has 0 aromatic carbocycles. The van der Waals surface area contributed by atoms with Crippen LogP contribution >= 0.6 is 0 Å². The molecular weight excluding hydrogens is 216 g/mol. The fourth-order valence-corrected chi connectivity index (χ4v) is 2.66. The number of hydrogen-bond acceptors (Lipinski definition) is 3. The van der Waals surface area contributed by atoms with Gasteiger partial charge in [0.1, 0.15) is 0 Å². The molecule has 2 saturated heterocycles. The van der Waals surface area contributed by atoms with Gasteiger partial charge >= 0.3 is 0 Å². The Bertz CT molecular complexity index is 323. The zero-order chi connectivity index (χ0) is 12.5. The lowest BCUT2D eigenvalue weighted by atomic mass is 9.86. The molecule has 0 bridgehead atoms. The number of carbonyl (C=O) groups is 2. The summed E-state index contributed by atoms with van der Waals surface area (Å²) in [7, 11) is 0. The predicted octanol–water partition coefficient (Wildman–Crippen LogP) is 1.60. The van der Waals surface area contributed by atoms with Crippen molar-refractivity contribution in [1.82, 2.24) is 9.80 Å². The predicted molar refractivity (Wildman–Crippen MR) is 65.2 cm³/mol. The van der Waals surface area contributed by atoms with Crippen LogP contribution in [0.15, 0.2) is 0 Å². The van der Waals surface area contributed by atoms with Gasteiger partial charge in [-0.1, -0.05) is 20.3 Å². The number of carbonyl (C=O) groups excluding carboxylic acids is 2. The summed E-state index contributed by atoms with van der Waals surface area (Å²) in [5.74, 6) is 0.0282. The molecule has 17 heavy (non-hydrogen) atoms. The molecule has 2 fully saturated rings. The topological polar surface area (TPSA) is 40.6 Å². The maximum absolute atomic E-state index is 12.2. The van der Waals surface area contributed by atoms with Crippen LogP contribution in [-0.2, 0) is 9.59 Å². The molecule has 2 heterocycles. The number of rotatable bonds is 3. The highest BCUT2D eigenvalue weighted by Gasteiger charge is 2.47. The summed E-state index contributed by atoms with van der Waals surface area (Å²) in [4.78, 5) is 27.8. The first-order chi connectivity index (χ1) is 8.07. The second-order valence-corrected chi connectivity index (χ2v) is 5.54. The molecule has 0 aliphatic carbocycles. The van der Waals surface area contributed by atoms with Crippen molar-refractivity contribution >= 4 is 11.8 Å².